The lowest BCUT2D eigenvalue weighted by Crippen LogP contribution is -2.47. The number of rotatable bonds is 6. The zero-order valence-corrected chi connectivity index (χ0v) is 13.7. The van der Waals surface area contributed by atoms with Gasteiger partial charge in [0.15, 0.2) is 0 Å². The molecule has 0 amide bonds. The molecular weight excluding hydrogens is 288 g/mol. The van der Waals surface area contributed by atoms with E-state index in [1.54, 1.807) is 13.2 Å². The molecule has 1 saturated carbocycles. The van der Waals surface area contributed by atoms with Crippen LogP contribution in [-0.2, 0) is 27.6 Å². The van der Waals surface area contributed by atoms with Crippen LogP contribution in [0.5, 0.6) is 0 Å². The Morgan fingerprint density at radius 1 is 1.29 bits per heavy atom. The third-order valence-electron chi connectivity index (χ3n) is 4.10. The Bertz CT molecular complexity index is 608. The van der Waals surface area contributed by atoms with Crippen molar-refractivity contribution in [1.29, 1.82) is 0 Å². The van der Waals surface area contributed by atoms with Gasteiger partial charge in [0, 0.05) is 18.8 Å². The van der Waals surface area contributed by atoms with Crippen LogP contribution in [0.1, 0.15) is 37.8 Å². The molecule has 1 aliphatic rings. The third kappa shape index (κ3) is 3.39. The molecule has 0 atom stereocenters. The summed E-state index contributed by atoms with van der Waals surface area (Å²) in [5.74, 6) is 0. The van der Waals surface area contributed by atoms with Gasteiger partial charge in [0.1, 0.15) is 0 Å². The van der Waals surface area contributed by atoms with Crippen LogP contribution in [0.25, 0.3) is 0 Å². The molecule has 1 aromatic carbocycles. The number of benzene rings is 1. The zero-order valence-electron chi connectivity index (χ0n) is 12.8. The van der Waals surface area contributed by atoms with Gasteiger partial charge in [0.25, 0.3) is 0 Å². The van der Waals surface area contributed by atoms with E-state index in [2.05, 4.69) is 4.72 Å². The highest BCUT2D eigenvalue weighted by Gasteiger charge is 2.33. The summed E-state index contributed by atoms with van der Waals surface area (Å²) in [5.41, 5.74) is 8.20. The number of hydrogen-bond acceptors (Lipinski definition) is 4. The molecule has 0 aromatic heterocycles. The Labute approximate surface area is 126 Å². The van der Waals surface area contributed by atoms with Gasteiger partial charge >= 0.3 is 0 Å². The first-order valence-electron chi connectivity index (χ1n) is 7.37. The molecule has 1 aliphatic carbocycles. The van der Waals surface area contributed by atoms with Crippen molar-refractivity contribution in [2.24, 2.45) is 0 Å². The van der Waals surface area contributed by atoms with Gasteiger partial charge in [-0.25, -0.2) is 13.1 Å². The molecule has 1 aromatic rings. The van der Waals surface area contributed by atoms with Gasteiger partial charge in [0.2, 0.25) is 10.0 Å². The molecule has 2 rings (SSSR count). The third-order valence-corrected chi connectivity index (χ3v) is 5.69. The van der Waals surface area contributed by atoms with Crippen molar-refractivity contribution in [3.8, 4) is 0 Å². The Morgan fingerprint density at radius 2 is 1.95 bits per heavy atom. The van der Waals surface area contributed by atoms with E-state index in [1.807, 2.05) is 19.9 Å². The molecule has 118 valence electrons. The average Bonchev–Trinajstić information content (AvgIpc) is 2.41. The van der Waals surface area contributed by atoms with Crippen molar-refractivity contribution in [2.75, 3.05) is 12.8 Å². The van der Waals surface area contributed by atoms with Crippen LogP contribution in [-0.4, -0.2) is 27.7 Å². The van der Waals surface area contributed by atoms with Gasteiger partial charge < -0.3 is 10.5 Å². The number of hydrogen-bond donors (Lipinski definition) is 2. The second-order valence-corrected chi connectivity index (χ2v) is 7.20. The maximum Gasteiger partial charge on any atom is 0.241 e. The number of methoxy groups -OCH3 is 1. The number of nitrogen functional groups attached to an aromatic ring is 1. The summed E-state index contributed by atoms with van der Waals surface area (Å²) in [6.45, 7) is 3.90. The first-order chi connectivity index (χ1) is 9.91. The average molecular weight is 312 g/mol. The summed E-state index contributed by atoms with van der Waals surface area (Å²) in [6.07, 6.45) is 2.96. The molecule has 0 unspecified atom stereocenters. The van der Waals surface area contributed by atoms with Gasteiger partial charge in [-0.2, -0.15) is 0 Å². The minimum absolute atomic E-state index is 0.0452. The first kappa shape index (κ1) is 16.3. The van der Waals surface area contributed by atoms with E-state index in [0.29, 0.717) is 22.6 Å². The molecule has 0 saturated heterocycles. The molecule has 21 heavy (non-hydrogen) atoms. The lowest BCUT2D eigenvalue weighted by Gasteiger charge is -2.34. The molecular formula is C15H24N2O3S. The second kappa shape index (κ2) is 6.34. The molecule has 3 N–H and O–H groups in total. The predicted molar refractivity (Wildman–Crippen MR) is 83.8 cm³/mol. The largest absolute Gasteiger partial charge is 0.398 e. The minimum Gasteiger partial charge on any atom is -0.398 e. The molecule has 0 radical (unpaired) electrons. The molecule has 0 spiro atoms. The fraction of sp³-hybridized carbons (Fsp3) is 0.600. The molecule has 1 fully saturated rings. The van der Waals surface area contributed by atoms with Crippen molar-refractivity contribution in [3.63, 3.8) is 0 Å². The van der Waals surface area contributed by atoms with E-state index in [9.17, 15) is 8.42 Å². The minimum atomic E-state index is -3.54. The highest BCUT2D eigenvalue weighted by molar-refractivity contribution is 7.89. The molecule has 0 bridgehead atoms. The number of nitrogens with two attached hydrogens (primary N) is 1. The number of aryl methyl sites for hydroxylation is 1. The van der Waals surface area contributed by atoms with Gasteiger partial charge in [0.05, 0.1) is 11.0 Å². The Morgan fingerprint density at radius 3 is 2.48 bits per heavy atom. The lowest BCUT2D eigenvalue weighted by molar-refractivity contribution is 0.0236. The van der Waals surface area contributed by atoms with Crippen LogP contribution < -0.4 is 10.5 Å². The Hall–Kier alpha value is -1.11. The standard InChI is InChI=1S/C15H24N2O3S/c1-4-10-6-14(16)13(5-2)15(7-10)21(18,19)17-11-8-12(9-11)20-3/h6-7,11-12,17H,4-5,8-9,16H2,1-3H3. The van der Waals surface area contributed by atoms with Crippen LogP contribution in [0, 0.1) is 0 Å². The number of nitrogens with one attached hydrogen (secondary N) is 1. The Balaban J connectivity index is 2.28. The van der Waals surface area contributed by atoms with Gasteiger partial charge in [-0.3, -0.25) is 0 Å². The van der Waals surface area contributed by atoms with Crippen LogP contribution >= 0.6 is 0 Å². The zero-order chi connectivity index (χ0) is 15.6. The maximum atomic E-state index is 12.6. The van der Waals surface area contributed by atoms with Crippen molar-refractivity contribution < 1.29 is 13.2 Å². The molecule has 0 heterocycles. The maximum absolute atomic E-state index is 12.6. The van der Waals surface area contributed by atoms with Crippen molar-refractivity contribution in [3.05, 3.63) is 23.3 Å². The fourth-order valence-corrected chi connectivity index (χ4v) is 4.34. The van der Waals surface area contributed by atoms with Crippen molar-refractivity contribution in [2.45, 2.75) is 56.6 Å². The number of sulfonamides is 1. The number of anilines is 1. The van der Waals surface area contributed by atoms with Crippen LogP contribution in [0.4, 0.5) is 5.69 Å². The Kier molecular flexibility index (Phi) is 4.91. The predicted octanol–water partition coefficient (Wildman–Crippen LogP) is 1.85. The van der Waals surface area contributed by atoms with Crippen LogP contribution in [0.15, 0.2) is 17.0 Å². The highest BCUT2D eigenvalue weighted by atomic mass is 32.2. The second-order valence-electron chi connectivity index (χ2n) is 5.52. The molecule has 5 nitrogen and oxygen atoms in total. The quantitative estimate of drug-likeness (QED) is 0.786. The lowest BCUT2D eigenvalue weighted by atomic mass is 9.90. The van der Waals surface area contributed by atoms with Crippen molar-refractivity contribution in [1.82, 2.24) is 4.72 Å². The van der Waals surface area contributed by atoms with Gasteiger partial charge in [-0.05, 0) is 48.9 Å². The fourth-order valence-electron chi connectivity index (χ4n) is 2.69. The van der Waals surface area contributed by atoms with E-state index in [0.717, 1.165) is 24.8 Å². The number of ether oxygens (including phenoxy) is 1. The molecule has 0 aliphatic heterocycles. The van der Waals surface area contributed by atoms with Crippen molar-refractivity contribution >= 4 is 15.7 Å². The summed E-state index contributed by atoms with van der Waals surface area (Å²) in [7, 11) is -1.89. The first-order valence-corrected chi connectivity index (χ1v) is 8.86. The van der Waals surface area contributed by atoms with Gasteiger partial charge in [-0.15, -0.1) is 0 Å². The van der Waals surface area contributed by atoms with E-state index < -0.39 is 10.0 Å². The van der Waals surface area contributed by atoms with Crippen LogP contribution in [0.3, 0.4) is 0 Å². The summed E-state index contributed by atoms with van der Waals surface area (Å²) >= 11 is 0. The van der Waals surface area contributed by atoms with E-state index in [1.165, 1.54) is 0 Å². The smallest absolute Gasteiger partial charge is 0.241 e. The van der Waals surface area contributed by atoms with Crippen LogP contribution in [0.2, 0.25) is 0 Å². The monoisotopic (exact) mass is 312 g/mol. The topological polar surface area (TPSA) is 81.4 Å². The highest BCUT2D eigenvalue weighted by Crippen LogP contribution is 2.28. The van der Waals surface area contributed by atoms with E-state index in [-0.39, 0.29) is 12.1 Å². The molecule has 6 heteroatoms. The summed E-state index contributed by atoms with van der Waals surface area (Å²) in [4.78, 5) is 0.322. The van der Waals surface area contributed by atoms with Gasteiger partial charge in [-0.1, -0.05) is 13.8 Å². The SMILES string of the molecule is CCc1cc(N)c(CC)c(S(=O)(=O)NC2CC(OC)C2)c1. The normalized spacial score (nSPS) is 22.0. The van der Waals surface area contributed by atoms with E-state index in [4.69, 9.17) is 10.5 Å². The summed E-state index contributed by atoms with van der Waals surface area (Å²) in [5, 5.41) is 0. The van der Waals surface area contributed by atoms with E-state index >= 15 is 0 Å². The summed E-state index contributed by atoms with van der Waals surface area (Å²) < 4.78 is 33.2. The summed E-state index contributed by atoms with van der Waals surface area (Å²) in [6, 6.07) is 3.56.